The topological polar surface area (TPSA) is 55.3 Å². The minimum absolute atomic E-state index is 0.0397. The van der Waals surface area contributed by atoms with Gasteiger partial charge in [-0.15, -0.1) is 0 Å². The van der Waals surface area contributed by atoms with Gasteiger partial charge >= 0.3 is 0 Å². The van der Waals surface area contributed by atoms with Crippen molar-refractivity contribution in [1.82, 2.24) is 9.97 Å². The molecule has 2 aromatic rings. The summed E-state index contributed by atoms with van der Waals surface area (Å²) >= 11 is 7.33. The lowest BCUT2D eigenvalue weighted by Gasteiger charge is -2.28. The van der Waals surface area contributed by atoms with Gasteiger partial charge in [-0.2, -0.15) is 4.98 Å². The Kier molecular flexibility index (Phi) is 3.69. The van der Waals surface area contributed by atoms with E-state index in [-0.39, 0.29) is 29.1 Å². The van der Waals surface area contributed by atoms with Gasteiger partial charge in [0, 0.05) is 6.20 Å². The highest BCUT2D eigenvalue weighted by Crippen LogP contribution is 2.32. The Morgan fingerprint density at radius 1 is 1.48 bits per heavy atom. The summed E-state index contributed by atoms with van der Waals surface area (Å²) in [6.45, 7) is -0.0397. The second-order valence-electron chi connectivity index (χ2n) is 4.18. The lowest BCUT2D eigenvalue weighted by Crippen LogP contribution is -2.39. The maximum absolute atomic E-state index is 13.1. The Hall–Kier alpha value is -1.86. The average molecular weight is 326 g/mol. The van der Waals surface area contributed by atoms with Crippen LogP contribution in [-0.2, 0) is 0 Å². The van der Waals surface area contributed by atoms with Crippen molar-refractivity contribution in [3.63, 3.8) is 0 Å². The summed E-state index contributed by atoms with van der Waals surface area (Å²) in [6, 6.07) is 3.81. The highest BCUT2D eigenvalue weighted by atomic mass is 35.5. The van der Waals surface area contributed by atoms with E-state index >= 15 is 0 Å². The van der Waals surface area contributed by atoms with Crippen LogP contribution in [-0.4, -0.2) is 28.9 Å². The van der Waals surface area contributed by atoms with Crippen molar-refractivity contribution >= 4 is 35.0 Å². The third-order valence-electron chi connectivity index (χ3n) is 2.92. The van der Waals surface area contributed by atoms with E-state index in [1.807, 2.05) is 6.26 Å². The number of anilines is 1. The molecule has 1 aromatic heterocycles. The number of hydrogen-bond acceptors (Lipinski definition) is 5. The number of hydrogen-bond donors (Lipinski definition) is 0. The molecule has 0 N–H and O–H groups in total. The van der Waals surface area contributed by atoms with Crippen LogP contribution >= 0.6 is 23.4 Å². The van der Waals surface area contributed by atoms with E-state index in [9.17, 15) is 9.18 Å². The minimum atomic E-state index is -0.470. The third-order valence-corrected chi connectivity index (χ3v) is 3.79. The molecule has 0 spiro atoms. The summed E-state index contributed by atoms with van der Waals surface area (Å²) in [4.78, 5) is 22.0. The summed E-state index contributed by atoms with van der Waals surface area (Å²) in [5, 5.41) is 0.659. The number of nitrogens with zero attached hydrogens (tertiary/aromatic N) is 3. The summed E-state index contributed by atoms with van der Waals surface area (Å²) < 4.78 is 18.6. The fourth-order valence-corrected chi connectivity index (χ4v) is 2.52. The van der Waals surface area contributed by atoms with E-state index in [0.717, 1.165) is 6.07 Å². The highest BCUT2D eigenvalue weighted by molar-refractivity contribution is 7.98. The largest absolute Gasteiger partial charge is 0.455 e. The van der Waals surface area contributed by atoms with Gasteiger partial charge in [-0.05, 0) is 24.5 Å². The fourth-order valence-electron chi connectivity index (χ4n) is 1.91. The smallest absolute Gasteiger partial charge is 0.268 e. The Bertz CT molecular complexity index is 729. The second-order valence-corrected chi connectivity index (χ2v) is 5.36. The first kappa shape index (κ1) is 14.1. The Balaban J connectivity index is 1.99. The lowest BCUT2D eigenvalue weighted by molar-refractivity contribution is 0.0931. The molecule has 0 bridgehead atoms. The van der Waals surface area contributed by atoms with Gasteiger partial charge < -0.3 is 4.74 Å². The molecule has 21 heavy (non-hydrogen) atoms. The fraction of sp³-hybridized carbons (Fsp3) is 0.154. The van der Waals surface area contributed by atoms with Crippen molar-refractivity contribution in [2.75, 3.05) is 17.9 Å². The standard InChI is InChI=1S/C13H9ClFN3O2S/c1-21-13-16-5-8-11(17-13)20-6-18(12(8)19)10-3-2-7(15)4-9(10)14/h2-5H,6H2,1H3. The van der Waals surface area contributed by atoms with Crippen LogP contribution in [0.25, 0.3) is 0 Å². The van der Waals surface area contributed by atoms with E-state index in [1.165, 1.54) is 35.0 Å². The molecule has 0 saturated carbocycles. The van der Waals surface area contributed by atoms with Gasteiger partial charge in [0.15, 0.2) is 11.9 Å². The maximum atomic E-state index is 13.1. The predicted octanol–water partition coefficient (Wildman–Crippen LogP) is 2.99. The first-order chi connectivity index (χ1) is 10.1. The van der Waals surface area contributed by atoms with Crippen LogP contribution in [0.2, 0.25) is 5.02 Å². The van der Waals surface area contributed by atoms with Gasteiger partial charge in [0.05, 0.1) is 10.7 Å². The van der Waals surface area contributed by atoms with Crippen LogP contribution in [0.3, 0.4) is 0 Å². The molecule has 1 amide bonds. The van der Waals surface area contributed by atoms with E-state index in [2.05, 4.69) is 9.97 Å². The average Bonchev–Trinajstić information content (AvgIpc) is 2.48. The molecular weight excluding hydrogens is 317 g/mol. The van der Waals surface area contributed by atoms with Crippen LogP contribution in [0.15, 0.2) is 29.6 Å². The quantitative estimate of drug-likeness (QED) is 0.627. The van der Waals surface area contributed by atoms with Crippen LogP contribution in [0.4, 0.5) is 10.1 Å². The lowest BCUT2D eigenvalue weighted by atomic mass is 10.2. The Labute approximate surface area is 129 Å². The molecule has 0 radical (unpaired) electrons. The van der Waals surface area contributed by atoms with Gasteiger partial charge in [0.1, 0.15) is 11.4 Å². The molecule has 5 nitrogen and oxygen atoms in total. The monoisotopic (exact) mass is 325 g/mol. The Morgan fingerprint density at radius 2 is 2.29 bits per heavy atom. The number of thioether (sulfide) groups is 1. The summed E-state index contributed by atoms with van der Waals surface area (Å²) in [5.41, 5.74) is 0.627. The van der Waals surface area contributed by atoms with Crippen molar-refractivity contribution in [1.29, 1.82) is 0 Å². The molecule has 108 valence electrons. The van der Waals surface area contributed by atoms with Gasteiger partial charge in [0.25, 0.3) is 5.91 Å². The molecule has 0 atom stereocenters. The van der Waals surface area contributed by atoms with Crippen molar-refractivity contribution in [2.45, 2.75) is 5.16 Å². The Morgan fingerprint density at radius 3 is 3.00 bits per heavy atom. The number of rotatable bonds is 2. The third kappa shape index (κ3) is 2.54. The molecule has 0 fully saturated rings. The van der Waals surface area contributed by atoms with Gasteiger partial charge in [-0.1, -0.05) is 23.4 Å². The van der Waals surface area contributed by atoms with Gasteiger partial charge in [0.2, 0.25) is 5.88 Å². The number of halogens is 2. The number of amides is 1. The molecule has 3 rings (SSSR count). The zero-order valence-electron chi connectivity index (χ0n) is 10.8. The minimum Gasteiger partial charge on any atom is -0.455 e. The number of carbonyl (C=O) groups excluding carboxylic acids is 1. The van der Waals surface area contributed by atoms with Crippen LogP contribution in [0, 0.1) is 5.82 Å². The number of fused-ring (bicyclic) bond motifs is 1. The molecule has 1 aromatic carbocycles. The number of carbonyl (C=O) groups is 1. The second kappa shape index (κ2) is 5.50. The zero-order valence-corrected chi connectivity index (χ0v) is 12.4. The van der Waals surface area contributed by atoms with Crippen molar-refractivity contribution < 1.29 is 13.9 Å². The number of aromatic nitrogens is 2. The molecule has 0 saturated heterocycles. The summed E-state index contributed by atoms with van der Waals surface area (Å²) in [6.07, 6.45) is 3.25. The summed E-state index contributed by atoms with van der Waals surface area (Å²) in [7, 11) is 0. The van der Waals surface area contributed by atoms with Crippen LogP contribution in [0.5, 0.6) is 5.88 Å². The SMILES string of the molecule is CSc1ncc2c(n1)OCN(c1ccc(F)cc1Cl)C2=O. The van der Waals surface area contributed by atoms with Gasteiger partial charge in [-0.3, -0.25) is 9.69 Å². The summed E-state index contributed by atoms with van der Waals surface area (Å²) in [5.74, 6) is -0.561. The van der Waals surface area contributed by atoms with Crippen molar-refractivity contribution in [3.8, 4) is 5.88 Å². The van der Waals surface area contributed by atoms with Crippen LogP contribution in [0.1, 0.15) is 10.4 Å². The van der Waals surface area contributed by atoms with E-state index < -0.39 is 5.82 Å². The van der Waals surface area contributed by atoms with E-state index in [0.29, 0.717) is 10.8 Å². The molecule has 1 aliphatic rings. The van der Waals surface area contributed by atoms with Gasteiger partial charge in [-0.25, -0.2) is 9.37 Å². The molecule has 1 aliphatic heterocycles. The first-order valence-electron chi connectivity index (χ1n) is 5.91. The van der Waals surface area contributed by atoms with E-state index in [1.54, 1.807) is 0 Å². The molecule has 8 heteroatoms. The molecule has 0 unspecified atom stereocenters. The van der Waals surface area contributed by atoms with Crippen molar-refractivity contribution in [3.05, 3.63) is 40.8 Å². The van der Waals surface area contributed by atoms with E-state index in [4.69, 9.17) is 16.3 Å². The number of benzene rings is 1. The zero-order chi connectivity index (χ0) is 15.0. The molecule has 0 aliphatic carbocycles. The normalized spacial score (nSPS) is 13.9. The molecule has 2 heterocycles. The predicted molar refractivity (Wildman–Crippen MR) is 77.5 cm³/mol. The first-order valence-corrected chi connectivity index (χ1v) is 7.51. The van der Waals surface area contributed by atoms with Crippen LogP contribution < -0.4 is 9.64 Å². The number of ether oxygens (including phenoxy) is 1. The van der Waals surface area contributed by atoms with Crippen molar-refractivity contribution in [2.24, 2.45) is 0 Å². The maximum Gasteiger partial charge on any atom is 0.268 e. The molecular formula is C13H9ClFN3O2S. The highest BCUT2D eigenvalue weighted by Gasteiger charge is 2.30.